The van der Waals surface area contributed by atoms with Crippen molar-refractivity contribution < 1.29 is 22.4 Å². The number of nitrogens with one attached hydrogen (secondary N) is 1. The molecule has 0 aliphatic heterocycles. The highest BCUT2D eigenvalue weighted by atomic mass is 35.5. The summed E-state index contributed by atoms with van der Waals surface area (Å²) in [7, 11) is -4.36. The number of anilines is 1. The number of carbonyl (C=O) groups excluding carboxylic acids is 2. The van der Waals surface area contributed by atoms with Gasteiger partial charge < -0.3 is 10.2 Å². The summed E-state index contributed by atoms with van der Waals surface area (Å²) in [4.78, 5) is 27.8. The van der Waals surface area contributed by atoms with Crippen LogP contribution in [-0.2, 0) is 26.2 Å². The van der Waals surface area contributed by atoms with Gasteiger partial charge in [-0.1, -0.05) is 66.0 Å². The van der Waals surface area contributed by atoms with E-state index in [-0.39, 0.29) is 22.2 Å². The van der Waals surface area contributed by atoms with Crippen LogP contribution in [0.25, 0.3) is 0 Å². The van der Waals surface area contributed by atoms with Crippen molar-refractivity contribution in [3.05, 3.63) is 93.7 Å². The Morgan fingerprint density at radius 2 is 1.67 bits per heavy atom. The van der Waals surface area contributed by atoms with Crippen LogP contribution in [0.3, 0.4) is 0 Å². The lowest BCUT2D eigenvalue weighted by Crippen LogP contribution is -2.51. The molecule has 1 unspecified atom stereocenters. The molecule has 0 heterocycles. The fraction of sp³-hybridized carbons (Fsp3) is 0.286. The molecule has 2 amide bonds. The van der Waals surface area contributed by atoms with Crippen LogP contribution in [0.5, 0.6) is 0 Å². The van der Waals surface area contributed by atoms with Crippen molar-refractivity contribution in [2.75, 3.05) is 17.4 Å². The number of hydrogen-bond donors (Lipinski definition) is 1. The molecule has 0 spiro atoms. The maximum atomic E-state index is 14.9. The Hall–Kier alpha value is -3.14. The van der Waals surface area contributed by atoms with Crippen LogP contribution in [0, 0.1) is 12.7 Å². The van der Waals surface area contributed by atoms with Crippen molar-refractivity contribution in [1.82, 2.24) is 10.2 Å². The number of para-hydroxylation sites is 1. The first-order valence-electron chi connectivity index (χ1n) is 12.3. The van der Waals surface area contributed by atoms with E-state index in [2.05, 4.69) is 5.32 Å². The van der Waals surface area contributed by atoms with Gasteiger partial charge in [0.05, 0.1) is 20.6 Å². The molecule has 11 heteroatoms. The fourth-order valence-electron chi connectivity index (χ4n) is 3.82. The number of rotatable bonds is 11. The van der Waals surface area contributed by atoms with E-state index in [1.807, 2.05) is 6.92 Å². The van der Waals surface area contributed by atoms with Crippen molar-refractivity contribution in [2.24, 2.45) is 0 Å². The first-order chi connectivity index (χ1) is 18.4. The molecule has 0 radical (unpaired) electrons. The van der Waals surface area contributed by atoms with Crippen molar-refractivity contribution in [2.45, 2.75) is 44.7 Å². The molecule has 3 rings (SSSR count). The summed E-state index contributed by atoms with van der Waals surface area (Å²) < 4.78 is 43.1. The van der Waals surface area contributed by atoms with E-state index >= 15 is 0 Å². The second kappa shape index (κ2) is 13.3. The maximum Gasteiger partial charge on any atom is 0.264 e. The lowest BCUT2D eigenvalue weighted by atomic mass is 10.1. The van der Waals surface area contributed by atoms with E-state index in [4.69, 9.17) is 23.2 Å². The minimum absolute atomic E-state index is 0.0634. The van der Waals surface area contributed by atoms with Gasteiger partial charge in [0.2, 0.25) is 11.8 Å². The molecule has 1 N–H and O–H groups in total. The summed E-state index contributed by atoms with van der Waals surface area (Å²) in [5.74, 6) is -1.94. The summed E-state index contributed by atoms with van der Waals surface area (Å²) >= 11 is 12.2. The monoisotopic (exact) mass is 593 g/mol. The molecule has 3 aromatic carbocycles. The van der Waals surface area contributed by atoms with E-state index in [1.54, 1.807) is 44.2 Å². The highest BCUT2D eigenvalue weighted by molar-refractivity contribution is 7.92. The van der Waals surface area contributed by atoms with Gasteiger partial charge in [-0.25, -0.2) is 12.8 Å². The van der Waals surface area contributed by atoms with Crippen LogP contribution in [0.4, 0.5) is 10.1 Å². The first kappa shape index (κ1) is 30.4. The third-order valence-corrected chi connectivity index (χ3v) is 8.58. The van der Waals surface area contributed by atoms with E-state index in [9.17, 15) is 22.4 Å². The minimum Gasteiger partial charge on any atom is -0.354 e. The van der Waals surface area contributed by atoms with Crippen LogP contribution in [-0.4, -0.2) is 44.3 Å². The average Bonchev–Trinajstić information content (AvgIpc) is 2.91. The summed E-state index contributed by atoms with van der Waals surface area (Å²) in [5, 5.41) is 3.34. The summed E-state index contributed by atoms with van der Waals surface area (Å²) in [6.45, 7) is 4.84. The molecule has 7 nitrogen and oxygen atoms in total. The number of aryl methyl sites for hydroxylation is 1. The number of hydrogen-bond acceptors (Lipinski definition) is 4. The van der Waals surface area contributed by atoms with Crippen molar-refractivity contribution in [3.63, 3.8) is 0 Å². The van der Waals surface area contributed by atoms with Gasteiger partial charge >= 0.3 is 0 Å². The molecule has 0 saturated heterocycles. The molecular weight excluding hydrogens is 564 g/mol. The van der Waals surface area contributed by atoms with Crippen molar-refractivity contribution >= 4 is 50.7 Å². The molecule has 1 atom stereocenters. The standard InChI is InChI=1S/C28H30Cl2FN3O4S/c1-4-15-32-28(36)20(3)33(17-21-11-14-23(29)24(30)16-21)27(35)18-34(26-8-6-5-7-25(26)31)39(37,38)22-12-9-19(2)10-13-22/h5-14,16,20H,4,15,17-18H2,1-3H3,(H,32,36). The lowest BCUT2D eigenvalue weighted by molar-refractivity contribution is -0.139. The number of carbonyl (C=O) groups is 2. The number of amides is 2. The van der Waals surface area contributed by atoms with Crippen molar-refractivity contribution in [3.8, 4) is 0 Å². The second-order valence-corrected chi connectivity index (χ2v) is 11.7. The van der Waals surface area contributed by atoms with Gasteiger partial charge in [-0.2, -0.15) is 0 Å². The van der Waals surface area contributed by atoms with Crippen molar-refractivity contribution in [1.29, 1.82) is 0 Å². The normalized spacial score (nSPS) is 12.1. The first-order valence-corrected chi connectivity index (χ1v) is 14.5. The van der Waals surface area contributed by atoms with Gasteiger partial charge in [0.15, 0.2) is 0 Å². The zero-order valence-corrected chi connectivity index (χ0v) is 24.2. The third kappa shape index (κ3) is 7.50. The lowest BCUT2D eigenvalue weighted by Gasteiger charge is -2.32. The molecule has 208 valence electrons. The molecule has 39 heavy (non-hydrogen) atoms. The minimum atomic E-state index is -4.36. The van der Waals surface area contributed by atoms with Crippen LogP contribution >= 0.6 is 23.2 Å². The predicted octanol–water partition coefficient (Wildman–Crippen LogP) is 5.58. The third-order valence-electron chi connectivity index (χ3n) is 6.06. The van der Waals surface area contributed by atoms with E-state index in [0.717, 1.165) is 15.9 Å². The van der Waals surface area contributed by atoms with Crippen LogP contribution in [0.1, 0.15) is 31.4 Å². The summed E-state index contributed by atoms with van der Waals surface area (Å²) in [5.41, 5.74) is 1.12. The van der Waals surface area contributed by atoms with Crippen LogP contribution < -0.4 is 9.62 Å². The molecule has 0 saturated carbocycles. The zero-order chi connectivity index (χ0) is 28.7. The number of halogens is 3. The van der Waals surface area contributed by atoms with Crippen LogP contribution in [0.15, 0.2) is 71.6 Å². The molecular formula is C28H30Cl2FN3O4S. The average molecular weight is 595 g/mol. The summed E-state index contributed by atoms with van der Waals surface area (Å²) in [6, 6.07) is 15.2. The Morgan fingerprint density at radius 1 is 1.00 bits per heavy atom. The highest BCUT2D eigenvalue weighted by Crippen LogP contribution is 2.28. The fourth-order valence-corrected chi connectivity index (χ4v) is 5.56. The molecule has 0 bridgehead atoms. The van der Waals surface area contributed by atoms with Gasteiger partial charge in [-0.05, 0) is 62.2 Å². The Balaban J connectivity index is 2.04. The van der Waals surface area contributed by atoms with Gasteiger partial charge in [0.1, 0.15) is 18.4 Å². The van der Waals surface area contributed by atoms with Crippen LogP contribution in [0.2, 0.25) is 10.0 Å². The summed E-state index contributed by atoms with van der Waals surface area (Å²) in [6.07, 6.45) is 0.690. The Morgan fingerprint density at radius 3 is 2.28 bits per heavy atom. The number of benzene rings is 3. The van der Waals surface area contributed by atoms with Gasteiger partial charge in [-0.3, -0.25) is 13.9 Å². The second-order valence-electron chi connectivity index (χ2n) is 9.01. The molecule has 3 aromatic rings. The van der Waals surface area contributed by atoms with Gasteiger partial charge in [-0.15, -0.1) is 0 Å². The van der Waals surface area contributed by atoms with E-state index in [1.165, 1.54) is 35.2 Å². The molecule has 0 fully saturated rings. The van der Waals surface area contributed by atoms with E-state index in [0.29, 0.717) is 23.6 Å². The van der Waals surface area contributed by atoms with Gasteiger partial charge in [0.25, 0.3) is 10.0 Å². The Kier molecular flexibility index (Phi) is 10.4. The topological polar surface area (TPSA) is 86.8 Å². The number of sulfonamides is 1. The maximum absolute atomic E-state index is 14.9. The Bertz CT molecular complexity index is 1430. The highest BCUT2D eigenvalue weighted by Gasteiger charge is 2.33. The smallest absolute Gasteiger partial charge is 0.264 e. The number of nitrogens with zero attached hydrogens (tertiary/aromatic N) is 2. The molecule has 0 aliphatic rings. The Labute approximate surface area is 238 Å². The SMILES string of the molecule is CCCNC(=O)C(C)N(Cc1ccc(Cl)c(Cl)c1)C(=O)CN(c1ccccc1F)S(=O)(=O)c1ccc(C)cc1. The van der Waals surface area contributed by atoms with E-state index < -0.39 is 40.2 Å². The quantitative estimate of drug-likeness (QED) is 0.314. The van der Waals surface area contributed by atoms with Gasteiger partial charge in [0, 0.05) is 13.1 Å². The zero-order valence-electron chi connectivity index (χ0n) is 21.8. The molecule has 0 aliphatic carbocycles. The largest absolute Gasteiger partial charge is 0.354 e. The predicted molar refractivity (Wildman–Crippen MR) is 152 cm³/mol. The molecule has 0 aromatic heterocycles.